The number of hydroxylamine groups is 2. The van der Waals surface area contributed by atoms with Gasteiger partial charge in [0.25, 0.3) is 17.5 Å². The predicted octanol–water partition coefficient (Wildman–Crippen LogP) is 5.64. The number of non-ortho nitro benzene ring substituents is 1. The molecule has 1 fully saturated rings. The van der Waals surface area contributed by atoms with Gasteiger partial charge in [0.15, 0.2) is 0 Å². The van der Waals surface area contributed by atoms with E-state index in [1.807, 2.05) is 54.3 Å². The van der Waals surface area contributed by atoms with Gasteiger partial charge in [-0.2, -0.15) is 0 Å². The molecule has 0 saturated carbocycles. The second-order valence-electron chi connectivity index (χ2n) is 10.4. The number of fused-ring (bicyclic) bond motifs is 1. The highest BCUT2D eigenvalue weighted by Gasteiger charge is 2.23. The largest absolute Gasteiger partial charge is 0.387 e. The minimum absolute atomic E-state index is 0.00919. The maximum atomic E-state index is 13.5. The van der Waals surface area contributed by atoms with Gasteiger partial charge in [-0.1, -0.05) is 31.2 Å². The van der Waals surface area contributed by atoms with Crippen LogP contribution in [-0.2, 0) is 16.2 Å². The Morgan fingerprint density at radius 1 is 1.02 bits per heavy atom. The van der Waals surface area contributed by atoms with Gasteiger partial charge in [-0.05, 0) is 72.4 Å². The predicted molar refractivity (Wildman–Crippen MR) is 161 cm³/mol. The molecule has 10 nitrogen and oxygen atoms in total. The van der Waals surface area contributed by atoms with Gasteiger partial charge in [0.05, 0.1) is 10.6 Å². The molecule has 1 saturated heterocycles. The molecule has 0 unspecified atom stereocenters. The molecule has 216 valence electrons. The molecule has 2 heterocycles. The van der Waals surface area contributed by atoms with Crippen molar-refractivity contribution in [3.05, 3.63) is 99.1 Å². The molecule has 2 N–H and O–H groups in total. The second kappa shape index (κ2) is 12.8. The maximum absolute atomic E-state index is 13.5. The van der Waals surface area contributed by atoms with Crippen LogP contribution in [-0.4, -0.2) is 52.2 Å². The number of carbonyl (C=O) groups is 2. The molecule has 3 aromatic rings. The molecule has 0 bridgehead atoms. The van der Waals surface area contributed by atoms with Gasteiger partial charge in [-0.3, -0.25) is 24.5 Å². The van der Waals surface area contributed by atoms with E-state index >= 15 is 0 Å². The average Bonchev–Trinajstić information content (AvgIpc) is 3.48. The van der Waals surface area contributed by atoms with E-state index in [-0.39, 0.29) is 30.5 Å². The van der Waals surface area contributed by atoms with E-state index in [1.54, 1.807) is 18.2 Å². The van der Waals surface area contributed by atoms with Crippen molar-refractivity contribution in [3.63, 3.8) is 0 Å². The zero-order valence-electron chi connectivity index (χ0n) is 23.5. The van der Waals surface area contributed by atoms with E-state index in [9.17, 15) is 19.7 Å². The van der Waals surface area contributed by atoms with Crippen LogP contribution in [0.4, 0.5) is 11.4 Å². The standard InChI is InChI=1S/C32H33N5O5/c1-2-15-36(42-21-22-5-13-28(14-6-22)37(40)41)32(39)27-18-26-12-11-25(19-29(26)34-30(33)20-27)23-7-9-24(10-8-23)31(38)35-16-3-4-17-35/h5-14,18-19H,2-4,15-17,20-21H2,1H3,(H2,33,34). The first-order chi connectivity index (χ1) is 20.3. The quantitative estimate of drug-likeness (QED) is 0.263. The van der Waals surface area contributed by atoms with Crippen LogP contribution in [0.15, 0.2) is 77.3 Å². The first kappa shape index (κ1) is 28.7. The summed E-state index contributed by atoms with van der Waals surface area (Å²) in [6.07, 6.45) is 4.73. The summed E-state index contributed by atoms with van der Waals surface area (Å²) in [6.45, 7) is 4.01. The lowest BCUT2D eigenvalue weighted by atomic mass is 10.00. The number of amidine groups is 1. The number of amides is 2. The number of rotatable bonds is 9. The molecule has 0 spiro atoms. The number of nitrogens with zero attached hydrogens (tertiary/aromatic N) is 4. The molecule has 2 amide bonds. The Hall–Kier alpha value is -4.83. The molecule has 0 aromatic heterocycles. The Morgan fingerprint density at radius 3 is 2.38 bits per heavy atom. The van der Waals surface area contributed by atoms with Crippen molar-refractivity contribution in [2.75, 3.05) is 19.6 Å². The highest BCUT2D eigenvalue weighted by molar-refractivity contribution is 6.05. The number of likely N-dealkylation sites (tertiary alicyclic amines) is 1. The minimum Gasteiger partial charge on any atom is -0.387 e. The number of benzene rings is 3. The summed E-state index contributed by atoms with van der Waals surface area (Å²) in [6, 6.07) is 19.4. The lowest BCUT2D eigenvalue weighted by Gasteiger charge is -2.22. The van der Waals surface area contributed by atoms with Crippen molar-refractivity contribution in [1.29, 1.82) is 0 Å². The molecular weight excluding hydrogens is 534 g/mol. The molecule has 42 heavy (non-hydrogen) atoms. The monoisotopic (exact) mass is 567 g/mol. The molecule has 3 aromatic carbocycles. The number of nitrogens with two attached hydrogens (primary N) is 1. The summed E-state index contributed by atoms with van der Waals surface area (Å²) in [7, 11) is 0. The number of carbonyl (C=O) groups excluding carboxylic acids is 2. The molecule has 10 heteroatoms. The van der Waals surface area contributed by atoms with Crippen LogP contribution in [0, 0.1) is 10.1 Å². The summed E-state index contributed by atoms with van der Waals surface area (Å²) >= 11 is 0. The maximum Gasteiger partial charge on any atom is 0.273 e. The third-order valence-electron chi connectivity index (χ3n) is 7.32. The molecule has 2 aliphatic rings. The van der Waals surface area contributed by atoms with E-state index in [1.165, 1.54) is 17.2 Å². The molecule has 0 aliphatic carbocycles. The smallest absolute Gasteiger partial charge is 0.273 e. The zero-order valence-corrected chi connectivity index (χ0v) is 23.5. The number of aliphatic imine (C=N–C) groups is 1. The topological polar surface area (TPSA) is 131 Å². The van der Waals surface area contributed by atoms with Gasteiger partial charge in [-0.15, -0.1) is 0 Å². The van der Waals surface area contributed by atoms with Crippen molar-refractivity contribution in [2.24, 2.45) is 10.7 Å². The Morgan fingerprint density at radius 2 is 1.71 bits per heavy atom. The third-order valence-corrected chi connectivity index (χ3v) is 7.32. The SMILES string of the molecule is CCCN(OCc1ccc([N+](=O)[O-])cc1)C(=O)C1=Cc2ccc(-c3ccc(C(=O)N4CCCC4)cc3)cc2N=C(N)C1. The highest BCUT2D eigenvalue weighted by atomic mass is 16.7. The number of hydrogen-bond donors (Lipinski definition) is 1. The first-order valence-electron chi connectivity index (χ1n) is 14.1. The highest BCUT2D eigenvalue weighted by Crippen LogP contribution is 2.32. The van der Waals surface area contributed by atoms with Crippen LogP contribution in [0.1, 0.15) is 54.1 Å². The molecule has 0 radical (unpaired) electrons. The van der Waals surface area contributed by atoms with E-state index in [0.717, 1.165) is 42.6 Å². The fourth-order valence-corrected chi connectivity index (χ4v) is 5.07. The van der Waals surface area contributed by atoms with Crippen molar-refractivity contribution in [2.45, 2.75) is 39.2 Å². The Kier molecular flexibility index (Phi) is 8.73. The summed E-state index contributed by atoms with van der Waals surface area (Å²) in [5.41, 5.74) is 11.4. The molecule has 0 atom stereocenters. The van der Waals surface area contributed by atoms with Crippen LogP contribution in [0.3, 0.4) is 0 Å². The number of nitro benzene ring substituents is 1. The van der Waals surface area contributed by atoms with Gasteiger partial charge < -0.3 is 10.6 Å². The number of hydrogen-bond acceptors (Lipinski definition) is 7. The zero-order chi connectivity index (χ0) is 29.6. The van der Waals surface area contributed by atoms with Gasteiger partial charge in [-0.25, -0.2) is 10.1 Å². The first-order valence-corrected chi connectivity index (χ1v) is 14.1. The van der Waals surface area contributed by atoms with E-state index < -0.39 is 4.92 Å². The second-order valence-corrected chi connectivity index (χ2v) is 10.4. The summed E-state index contributed by atoms with van der Waals surface area (Å²) in [5.74, 6) is 0.0606. The number of nitro groups is 1. The van der Waals surface area contributed by atoms with E-state index in [4.69, 9.17) is 10.6 Å². The van der Waals surface area contributed by atoms with Crippen LogP contribution >= 0.6 is 0 Å². The third kappa shape index (κ3) is 6.55. The van der Waals surface area contributed by atoms with E-state index in [0.29, 0.717) is 41.2 Å². The fraction of sp³-hybridized carbons (Fsp3) is 0.281. The minimum atomic E-state index is -0.461. The summed E-state index contributed by atoms with van der Waals surface area (Å²) < 4.78 is 0. The Balaban J connectivity index is 1.32. The van der Waals surface area contributed by atoms with Crippen LogP contribution in [0.25, 0.3) is 17.2 Å². The van der Waals surface area contributed by atoms with Crippen molar-refractivity contribution in [1.82, 2.24) is 9.96 Å². The van der Waals surface area contributed by atoms with Crippen LogP contribution in [0.5, 0.6) is 0 Å². The summed E-state index contributed by atoms with van der Waals surface area (Å²) in [4.78, 5) is 49.0. The molecule has 2 aliphatic heterocycles. The van der Waals surface area contributed by atoms with Crippen molar-refractivity contribution >= 4 is 35.1 Å². The molecular formula is C32H33N5O5. The summed E-state index contributed by atoms with van der Waals surface area (Å²) in [5, 5.41) is 12.2. The van der Waals surface area contributed by atoms with Crippen molar-refractivity contribution in [3.8, 4) is 11.1 Å². The van der Waals surface area contributed by atoms with Crippen molar-refractivity contribution < 1.29 is 19.3 Å². The normalized spacial score (nSPS) is 14.5. The van der Waals surface area contributed by atoms with Gasteiger partial charge >= 0.3 is 0 Å². The van der Waals surface area contributed by atoms with Crippen LogP contribution in [0.2, 0.25) is 0 Å². The fourth-order valence-electron chi connectivity index (χ4n) is 5.07. The Labute approximate surface area is 244 Å². The van der Waals surface area contributed by atoms with Gasteiger partial charge in [0.1, 0.15) is 12.4 Å². The van der Waals surface area contributed by atoms with Gasteiger partial charge in [0.2, 0.25) is 0 Å². The average molecular weight is 568 g/mol. The van der Waals surface area contributed by atoms with Gasteiger partial charge in [0, 0.05) is 54.9 Å². The van der Waals surface area contributed by atoms with Crippen LogP contribution < -0.4 is 5.73 Å². The molecule has 5 rings (SSSR count). The lowest BCUT2D eigenvalue weighted by molar-refractivity contribution is -0.384. The lowest BCUT2D eigenvalue weighted by Crippen LogP contribution is -2.34. The Bertz CT molecular complexity index is 1540. The van der Waals surface area contributed by atoms with E-state index in [2.05, 4.69) is 4.99 Å².